The lowest BCUT2D eigenvalue weighted by Crippen LogP contribution is -2.35. The molecule has 86 valence electrons. The van der Waals surface area contributed by atoms with Crippen LogP contribution in [0.15, 0.2) is 5.16 Å². The van der Waals surface area contributed by atoms with Gasteiger partial charge in [0.25, 0.3) is 0 Å². The quantitative estimate of drug-likeness (QED) is 0.557. The number of hydrogen-bond donors (Lipinski definition) is 1. The molecule has 1 N–H and O–H groups in total. The Morgan fingerprint density at radius 1 is 1.53 bits per heavy atom. The summed E-state index contributed by atoms with van der Waals surface area (Å²) in [4.78, 5) is 7.46. The summed E-state index contributed by atoms with van der Waals surface area (Å²) in [5.41, 5.74) is 1.17. The van der Waals surface area contributed by atoms with Crippen LogP contribution in [0.3, 0.4) is 0 Å². The van der Waals surface area contributed by atoms with Crippen molar-refractivity contribution >= 4 is 5.71 Å². The van der Waals surface area contributed by atoms with Crippen molar-refractivity contribution in [3.8, 4) is 0 Å². The van der Waals surface area contributed by atoms with Gasteiger partial charge in [0.2, 0.25) is 0 Å². The minimum absolute atomic E-state index is 0.0444. The van der Waals surface area contributed by atoms with Crippen LogP contribution in [0.5, 0.6) is 0 Å². The third-order valence-corrected chi connectivity index (χ3v) is 3.59. The van der Waals surface area contributed by atoms with Gasteiger partial charge < -0.3 is 14.8 Å². The molecule has 0 radical (unpaired) electrons. The fourth-order valence-electron chi connectivity index (χ4n) is 2.70. The first-order valence-electron chi connectivity index (χ1n) is 5.80. The van der Waals surface area contributed by atoms with Crippen molar-refractivity contribution in [1.29, 1.82) is 0 Å². The molecule has 1 aliphatic heterocycles. The Labute approximate surface area is 90.9 Å². The van der Waals surface area contributed by atoms with Gasteiger partial charge in [-0.25, -0.2) is 0 Å². The summed E-state index contributed by atoms with van der Waals surface area (Å²) in [6, 6.07) is 0.676. The second-order valence-electron chi connectivity index (χ2n) is 4.55. The molecule has 1 saturated heterocycles. The molecule has 0 spiro atoms. The molecule has 2 atom stereocenters. The molecule has 1 aliphatic carbocycles. The van der Waals surface area contributed by atoms with Crippen LogP contribution in [0, 0.1) is 5.92 Å². The van der Waals surface area contributed by atoms with Crippen LogP contribution in [-0.2, 0) is 4.84 Å². The van der Waals surface area contributed by atoms with Gasteiger partial charge in [-0.1, -0.05) is 5.16 Å². The normalized spacial score (nSPS) is 34.4. The van der Waals surface area contributed by atoms with E-state index in [9.17, 15) is 0 Å². The lowest BCUT2D eigenvalue weighted by Gasteiger charge is -2.29. The largest absolute Gasteiger partial charge is 0.393 e. The van der Waals surface area contributed by atoms with Crippen molar-refractivity contribution in [2.75, 3.05) is 26.8 Å². The monoisotopic (exact) mass is 212 g/mol. The highest BCUT2D eigenvalue weighted by Crippen LogP contribution is 2.34. The Hall–Kier alpha value is -0.610. The molecule has 2 aliphatic rings. The molecular weight excluding hydrogens is 192 g/mol. The highest BCUT2D eigenvalue weighted by atomic mass is 16.6. The van der Waals surface area contributed by atoms with E-state index in [0.29, 0.717) is 12.6 Å². The zero-order valence-corrected chi connectivity index (χ0v) is 9.35. The van der Waals surface area contributed by atoms with Crippen LogP contribution in [-0.4, -0.2) is 48.6 Å². The van der Waals surface area contributed by atoms with Gasteiger partial charge in [-0.15, -0.1) is 0 Å². The second kappa shape index (κ2) is 4.94. The van der Waals surface area contributed by atoms with Crippen LogP contribution >= 0.6 is 0 Å². The van der Waals surface area contributed by atoms with Gasteiger partial charge in [-0.2, -0.15) is 0 Å². The zero-order chi connectivity index (χ0) is 10.7. The maximum absolute atomic E-state index is 8.59. The standard InChI is InChI=1S/C11H20N2O2/c1-13-5-4-9-2-3-10(8-11(9)13)12-15-7-6-14/h9,11,14H,2-8H2,1H3/b12-10+. The van der Waals surface area contributed by atoms with Gasteiger partial charge in [-0.05, 0) is 38.8 Å². The summed E-state index contributed by atoms with van der Waals surface area (Å²) in [5, 5.41) is 12.7. The van der Waals surface area contributed by atoms with Gasteiger partial charge in [0.05, 0.1) is 12.3 Å². The summed E-state index contributed by atoms with van der Waals surface area (Å²) < 4.78 is 0. The van der Waals surface area contributed by atoms with Gasteiger partial charge in [0, 0.05) is 12.5 Å². The van der Waals surface area contributed by atoms with Crippen molar-refractivity contribution in [2.24, 2.45) is 11.1 Å². The maximum Gasteiger partial charge on any atom is 0.140 e. The van der Waals surface area contributed by atoms with Crippen LogP contribution < -0.4 is 0 Å². The third-order valence-electron chi connectivity index (χ3n) is 3.59. The molecule has 0 aromatic heterocycles. The van der Waals surface area contributed by atoms with Crippen molar-refractivity contribution in [3.05, 3.63) is 0 Å². The molecule has 15 heavy (non-hydrogen) atoms. The number of likely N-dealkylation sites (tertiary alicyclic amines) is 1. The Bertz CT molecular complexity index is 243. The molecule has 2 unspecified atom stereocenters. The number of nitrogens with zero attached hydrogens (tertiary/aromatic N) is 2. The molecule has 0 bridgehead atoms. The highest BCUT2D eigenvalue weighted by molar-refractivity contribution is 5.85. The van der Waals surface area contributed by atoms with E-state index >= 15 is 0 Å². The summed E-state index contributed by atoms with van der Waals surface area (Å²) in [5.74, 6) is 0.867. The minimum atomic E-state index is 0.0444. The Kier molecular flexibility index (Phi) is 3.59. The predicted octanol–water partition coefficient (Wildman–Crippen LogP) is 0.855. The molecule has 2 rings (SSSR count). The average Bonchev–Trinajstić information content (AvgIpc) is 2.61. The molecule has 0 aromatic rings. The first-order valence-corrected chi connectivity index (χ1v) is 5.80. The van der Waals surface area contributed by atoms with Crippen LogP contribution in [0.2, 0.25) is 0 Å². The van der Waals surface area contributed by atoms with Crippen molar-refractivity contribution in [2.45, 2.75) is 31.7 Å². The number of aliphatic hydroxyl groups is 1. The Morgan fingerprint density at radius 2 is 2.40 bits per heavy atom. The Balaban J connectivity index is 1.87. The molecular formula is C11H20N2O2. The average molecular weight is 212 g/mol. The van der Waals surface area contributed by atoms with E-state index in [4.69, 9.17) is 9.94 Å². The minimum Gasteiger partial charge on any atom is -0.393 e. The SMILES string of the molecule is CN1CCC2CC/C(=N\OCCO)CC21. The predicted molar refractivity (Wildman–Crippen MR) is 58.8 cm³/mol. The van der Waals surface area contributed by atoms with Crippen LogP contribution in [0.4, 0.5) is 0 Å². The maximum atomic E-state index is 8.59. The fraction of sp³-hybridized carbons (Fsp3) is 0.909. The highest BCUT2D eigenvalue weighted by Gasteiger charge is 2.35. The summed E-state index contributed by atoms with van der Waals surface area (Å²) >= 11 is 0. The topological polar surface area (TPSA) is 45.1 Å². The van der Waals surface area contributed by atoms with Gasteiger partial charge >= 0.3 is 0 Å². The molecule has 0 aromatic carbocycles. The van der Waals surface area contributed by atoms with E-state index in [1.807, 2.05) is 0 Å². The van der Waals surface area contributed by atoms with Gasteiger partial charge in [0.15, 0.2) is 0 Å². The molecule has 4 heteroatoms. The first kappa shape index (κ1) is 10.9. The second-order valence-corrected chi connectivity index (χ2v) is 4.55. The molecule has 0 amide bonds. The molecule has 4 nitrogen and oxygen atoms in total. The number of fused-ring (bicyclic) bond motifs is 1. The first-order chi connectivity index (χ1) is 7.31. The van der Waals surface area contributed by atoms with Crippen molar-refractivity contribution in [1.82, 2.24) is 4.90 Å². The van der Waals surface area contributed by atoms with E-state index in [0.717, 1.165) is 18.8 Å². The molecule has 1 saturated carbocycles. The zero-order valence-electron chi connectivity index (χ0n) is 9.35. The van der Waals surface area contributed by atoms with E-state index in [-0.39, 0.29) is 6.61 Å². The van der Waals surface area contributed by atoms with Gasteiger partial charge in [0.1, 0.15) is 6.61 Å². The van der Waals surface area contributed by atoms with E-state index in [1.165, 1.54) is 25.1 Å². The van der Waals surface area contributed by atoms with Gasteiger partial charge in [-0.3, -0.25) is 0 Å². The van der Waals surface area contributed by atoms with Crippen LogP contribution in [0.1, 0.15) is 25.7 Å². The summed E-state index contributed by atoms with van der Waals surface area (Å²) in [7, 11) is 2.20. The number of hydrogen-bond acceptors (Lipinski definition) is 4. The fourth-order valence-corrected chi connectivity index (χ4v) is 2.70. The number of aliphatic hydroxyl groups excluding tert-OH is 1. The summed E-state index contributed by atoms with van der Waals surface area (Å²) in [6.07, 6.45) is 4.70. The molecule has 1 heterocycles. The number of oxime groups is 1. The summed E-state index contributed by atoms with van der Waals surface area (Å²) in [6.45, 7) is 1.58. The Morgan fingerprint density at radius 3 is 3.20 bits per heavy atom. The van der Waals surface area contributed by atoms with Crippen molar-refractivity contribution < 1.29 is 9.94 Å². The molecule has 2 fully saturated rings. The lowest BCUT2D eigenvalue weighted by molar-refractivity contribution is 0.0963. The number of rotatable bonds is 3. The van der Waals surface area contributed by atoms with E-state index in [1.54, 1.807) is 0 Å². The van der Waals surface area contributed by atoms with Crippen molar-refractivity contribution in [3.63, 3.8) is 0 Å². The lowest BCUT2D eigenvalue weighted by atomic mass is 9.84. The smallest absolute Gasteiger partial charge is 0.140 e. The third kappa shape index (κ3) is 2.49. The van der Waals surface area contributed by atoms with Crippen LogP contribution in [0.25, 0.3) is 0 Å². The van der Waals surface area contributed by atoms with E-state index in [2.05, 4.69) is 17.1 Å². The van der Waals surface area contributed by atoms with E-state index < -0.39 is 0 Å².